The highest BCUT2D eigenvalue weighted by molar-refractivity contribution is 6.02. The van der Waals surface area contributed by atoms with Crippen LogP contribution in [-0.4, -0.2) is 54.6 Å². The number of oxime groups is 1. The highest BCUT2D eigenvalue weighted by atomic mass is 16.7. The fraction of sp³-hybridized carbons (Fsp3) is 0.450. The summed E-state index contributed by atoms with van der Waals surface area (Å²) >= 11 is 0. The third kappa shape index (κ3) is 7.45. The van der Waals surface area contributed by atoms with E-state index in [1.165, 1.54) is 4.90 Å². The summed E-state index contributed by atoms with van der Waals surface area (Å²) in [5.41, 5.74) is 11.0. The number of amidine groups is 1. The van der Waals surface area contributed by atoms with Gasteiger partial charge in [0, 0.05) is 24.3 Å². The van der Waals surface area contributed by atoms with Gasteiger partial charge < -0.3 is 31.7 Å². The van der Waals surface area contributed by atoms with Gasteiger partial charge in [0.15, 0.2) is 5.84 Å². The lowest BCUT2D eigenvalue weighted by molar-refractivity contribution is -0.154. The average Bonchev–Trinajstić information content (AvgIpc) is 3.05. The van der Waals surface area contributed by atoms with Crippen LogP contribution in [0.4, 0.5) is 15.3 Å². The summed E-state index contributed by atoms with van der Waals surface area (Å²) in [6.07, 6.45) is -0.630. The second kappa shape index (κ2) is 10.5. The van der Waals surface area contributed by atoms with Crippen molar-refractivity contribution in [3.8, 4) is 0 Å². The summed E-state index contributed by atoms with van der Waals surface area (Å²) in [7, 11) is 0. The van der Waals surface area contributed by atoms with Crippen LogP contribution in [0, 0.1) is 0 Å². The minimum absolute atomic E-state index is 0.0265. The lowest BCUT2D eigenvalue weighted by atomic mass is 10.2. The largest absolute Gasteiger partial charge is 0.460 e. The van der Waals surface area contributed by atoms with E-state index >= 15 is 0 Å². The van der Waals surface area contributed by atoms with Gasteiger partial charge in [-0.05, 0) is 51.5 Å². The number of hydrogen-bond donors (Lipinski definition) is 4. The van der Waals surface area contributed by atoms with Crippen LogP contribution in [0.5, 0.6) is 0 Å². The van der Waals surface area contributed by atoms with Crippen molar-refractivity contribution in [1.29, 1.82) is 0 Å². The predicted molar refractivity (Wildman–Crippen MR) is 116 cm³/mol. The Balaban J connectivity index is 1.84. The van der Waals surface area contributed by atoms with E-state index in [2.05, 4.69) is 20.6 Å². The number of rotatable bonds is 7. The van der Waals surface area contributed by atoms with Crippen molar-refractivity contribution in [1.82, 2.24) is 10.6 Å². The maximum Gasteiger partial charge on any atom is 0.430 e. The van der Waals surface area contributed by atoms with E-state index in [-0.39, 0.29) is 24.7 Å². The van der Waals surface area contributed by atoms with E-state index in [0.29, 0.717) is 24.2 Å². The highest BCUT2D eigenvalue weighted by Gasteiger charge is 2.33. The number of carbonyl (C=O) groups is 4. The third-order valence-corrected chi connectivity index (χ3v) is 4.25. The Hall–Kier alpha value is -3.83. The molecule has 2 rings (SSSR count). The van der Waals surface area contributed by atoms with E-state index in [0.717, 1.165) is 0 Å². The predicted octanol–water partition coefficient (Wildman–Crippen LogP) is 0.539. The minimum Gasteiger partial charge on any atom is -0.460 e. The molecule has 12 nitrogen and oxygen atoms in total. The Kier molecular flexibility index (Phi) is 7.99. The minimum atomic E-state index is -1.08. The van der Waals surface area contributed by atoms with Crippen molar-refractivity contribution in [2.75, 3.05) is 18.0 Å². The molecule has 0 radical (unpaired) electrons. The van der Waals surface area contributed by atoms with Gasteiger partial charge in [-0.25, -0.2) is 9.59 Å². The molecule has 0 saturated carbocycles. The molecule has 1 aromatic rings. The summed E-state index contributed by atoms with van der Waals surface area (Å²) in [4.78, 5) is 52.8. The number of benzene rings is 1. The zero-order chi connectivity index (χ0) is 23.9. The summed E-state index contributed by atoms with van der Waals surface area (Å²) < 4.78 is 5.17. The quantitative estimate of drug-likeness (QED) is 0.154. The summed E-state index contributed by atoms with van der Waals surface area (Å²) in [5.74, 6) is -0.735. The molecule has 6 N–H and O–H groups in total. The van der Waals surface area contributed by atoms with E-state index in [4.69, 9.17) is 16.2 Å². The molecule has 0 aliphatic carbocycles. The molecule has 1 aliphatic heterocycles. The number of nitrogens with zero attached hydrogens (tertiary/aromatic N) is 2. The van der Waals surface area contributed by atoms with Crippen LogP contribution in [-0.2, 0) is 19.2 Å². The summed E-state index contributed by atoms with van der Waals surface area (Å²) in [6.45, 7) is 5.79. The lowest BCUT2D eigenvalue weighted by Gasteiger charge is -2.19. The number of urea groups is 1. The molecular formula is C20H28N6O6. The van der Waals surface area contributed by atoms with Crippen LogP contribution >= 0.6 is 0 Å². The Bertz CT molecular complexity index is 893. The molecule has 1 atom stereocenters. The fourth-order valence-corrected chi connectivity index (χ4v) is 2.91. The monoisotopic (exact) mass is 448 g/mol. The first kappa shape index (κ1) is 24.4. The first-order valence-corrected chi connectivity index (χ1v) is 9.94. The number of ether oxygens (including phenoxy) is 1. The van der Waals surface area contributed by atoms with E-state index in [1.54, 1.807) is 45.0 Å². The van der Waals surface area contributed by atoms with Gasteiger partial charge in [-0.3, -0.25) is 14.4 Å². The zero-order valence-electron chi connectivity index (χ0n) is 18.2. The molecule has 174 valence electrons. The molecule has 1 fully saturated rings. The molecule has 0 aromatic heterocycles. The number of esters is 1. The maximum atomic E-state index is 12.7. The Morgan fingerprint density at radius 1 is 1.19 bits per heavy atom. The number of amides is 4. The van der Waals surface area contributed by atoms with E-state index in [1.807, 2.05) is 0 Å². The standard InChI is InChI=1S/C20H28N6O6/c1-20(2,3)31-15(27)8-10-23-19(30)24-14-9-11-26(17(14)28)13-6-4-12(5-7-13)16(21)25-32-18(22)29/h4-7,14H,8-11H2,1-3H3,(H2,21,25)(H2,22,29)(H2,23,24,30)/t14-/m0/s1. The second-order valence-electron chi connectivity index (χ2n) is 8.00. The van der Waals surface area contributed by atoms with Crippen molar-refractivity contribution in [3.05, 3.63) is 29.8 Å². The van der Waals surface area contributed by atoms with Gasteiger partial charge in [0.25, 0.3) is 0 Å². The highest BCUT2D eigenvalue weighted by Crippen LogP contribution is 2.22. The van der Waals surface area contributed by atoms with Crippen molar-refractivity contribution < 1.29 is 28.8 Å². The summed E-state index contributed by atoms with van der Waals surface area (Å²) in [6, 6.07) is 5.30. The Morgan fingerprint density at radius 2 is 1.84 bits per heavy atom. The molecule has 1 saturated heterocycles. The average molecular weight is 448 g/mol. The molecule has 12 heteroatoms. The molecule has 0 spiro atoms. The molecular weight excluding hydrogens is 420 g/mol. The van der Waals surface area contributed by atoms with Crippen LogP contribution in [0.3, 0.4) is 0 Å². The molecule has 1 aliphatic rings. The normalized spacial score (nSPS) is 16.5. The summed E-state index contributed by atoms with van der Waals surface area (Å²) in [5, 5.41) is 8.55. The van der Waals surface area contributed by atoms with E-state index < -0.39 is 29.7 Å². The Labute approximate surface area is 185 Å². The van der Waals surface area contributed by atoms with Gasteiger partial charge in [0.1, 0.15) is 11.6 Å². The van der Waals surface area contributed by atoms with Gasteiger partial charge >= 0.3 is 18.1 Å². The van der Waals surface area contributed by atoms with Gasteiger partial charge in [0.05, 0.1) is 6.42 Å². The van der Waals surface area contributed by atoms with Crippen molar-refractivity contribution in [2.24, 2.45) is 16.6 Å². The molecule has 0 unspecified atom stereocenters. The SMILES string of the molecule is CC(C)(C)OC(=O)CCNC(=O)N[C@H]1CCN(c2ccc(C(N)=NOC(N)=O)cc2)C1=O. The van der Waals surface area contributed by atoms with Crippen LogP contribution in [0.2, 0.25) is 0 Å². The van der Waals surface area contributed by atoms with Crippen LogP contribution in [0.25, 0.3) is 0 Å². The topological polar surface area (TPSA) is 178 Å². The van der Waals surface area contributed by atoms with Crippen molar-refractivity contribution in [2.45, 2.75) is 45.3 Å². The smallest absolute Gasteiger partial charge is 0.430 e. The third-order valence-electron chi connectivity index (χ3n) is 4.25. The Morgan fingerprint density at radius 3 is 2.44 bits per heavy atom. The van der Waals surface area contributed by atoms with Gasteiger partial charge in [-0.15, -0.1) is 0 Å². The number of primary amides is 1. The number of nitrogens with two attached hydrogens (primary N) is 2. The van der Waals surface area contributed by atoms with Gasteiger partial charge in [-0.1, -0.05) is 5.16 Å². The molecule has 32 heavy (non-hydrogen) atoms. The number of anilines is 1. The van der Waals surface area contributed by atoms with Crippen molar-refractivity contribution >= 4 is 35.5 Å². The second-order valence-corrected chi connectivity index (χ2v) is 8.00. The number of carbonyl (C=O) groups excluding carboxylic acids is 4. The van der Waals surface area contributed by atoms with Crippen LogP contribution in [0.15, 0.2) is 29.4 Å². The first-order chi connectivity index (χ1) is 15.0. The van der Waals surface area contributed by atoms with Crippen molar-refractivity contribution in [3.63, 3.8) is 0 Å². The van der Waals surface area contributed by atoms with Crippen LogP contribution in [0.1, 0.15) is 39.2 Å². The fourth-order valence-electron chi connectivity index (χ4n) is 2.91. The van der Waals surface area contributed by atoms with Crippen LogP contribution < -0.4 is 27.0 Å². The molecule has 4 amide bonds. The maximum absolute atomic E-state index is 12.7. The number of nitrogens with one attached hydrogen (secondary N) is 2. The zero-order valence-corrected chi connectivity index (χ0v) is 18.2. The molecule has 1 heterocycles. The first-order valence-electron chi connectivity index (χ1n) is 9.94. The lowest BCUT2D eigenvalue weighted by Crippen LogP contribution is -2.46. The van der Waals surface area contributed by atoms with Gasteiger partial charge in [0.2, 0.25) is 5.91 Å². The van der Waals surface area contributed by atoms with Gasteiger partial charge in [-0.2, -0.15) is 0 Å². The molecule has 1 aromatic carbocycles. The van der Waals surface area contributed by atoms with E-state index in [9.17, 15) is 19.2 Å². The molecule has 0 bridgehead atoms. The number of hydrogen-bond acceptors (Lipinski definition) is 7.